The van der Waals surface area contributed by atoms with E-state index in [2.05, 4.69) is 86.8 Å². The predicted octanol–water partition coefficient (Wildman–Crippen LogP) is 17.7. The molecule has 0 spiro atoms. The first-order valence-corrected chi connectivity index (χ1v) is 34.9. The van der Waals surface area contributed by atoms with Crippen molar-refractivity contribution in [3.63, 3.8) is 0 Å². The molecule has 1 aliphatic heterocycles. The molecule has 1 rings (SSSR count). The Morgan fingerprint density at radius 1 is 0.464 bits per heavy atom. The van der Waals surface area contributed by atoms with E-state index in [0.29, 0.717) is 12.8 Å². The largest absolute Gasteiger partial charge is 0.454 e. The van der Waals surface area contributed by atoms with E-state index in [0.717, 1.165) is 77.0 Å². The molecule has 486 valence electrons. The molecule has 11 nitrogen and oxygen atoms in total. The Morgan fingerprint density at radius 3 is 1.25 bits per heavy atom. The van der Waals surface area contributed by atoms with Crippen LogP contribution in [0, 0.1) is 0 Å². The number of rotatable bonds is 59. The Morgan fingerprint density at radius 2 is 0.821 bits per heavy atom. The van der Waals surface area contributed by atoms with Gasteiger partial charge in [0.05, 0.1) is 25.4 Å². The van der Waals surface area contributed by atoms with E-state index in [1.54, 1.807) is 6.08 Å². The van der Waals surface area contributed by atoms with Gasteiger partial charge in [-0.2, -0.15) is 0 Å². The highest BCUT2D eigenvalue weighted by Crippen LogP contribution is 2.26. The smallest absolute Gasteiger partial charge is 0.306 e. The summed E-state index contributed by atoms with van der Waals surface area (Å²) in [6.07, 6.45) is 69.3. The lowest BCUT2D eigenvalue weighted by molar-refractivity contribution is -0.305. The van der Waals surface area contributed by atoms with Gasteiger partial charge in [0, 0.05) is 6.42 Å². The molecular formula is C73H129NO10. The Labute approximate surface area is 514 Å². The second kappa shape index (κ2) is 60.1. The lowest BCUT2D eigenvalue weighted by Crippen LogP contribution is -2.61. The van der Waals surface area contributed by atoms with Crippen molar-refractivity contribution in [1.29, 1.82) is 0 Å². The van der Waals surface area contributed by atoms with E-state index in [1.807, 2.05) is 18.2 Å². The number of esters is 1. The van der Waals surface area contributed by atoms with E-state index >= 15 is 0 Å². The molecule has 1 amide bonds. The number of aliphatic hydroxyl groups excluding tert-OH is 5. The number of hydrogen-bond donors (Lipinski definition) is 6. The van der Waals surface area contributed by atoms with Gasteiger partial charge in [0.2, 0.25) is 5.91 Å². The maximum Gasteiger partial charge on any atom is 0.306 e. The molecule has 1 aliphatic rings. The van der Waals surface area contributed by atoms with Crippen molar-refractivity contribution >= 4 is 11.9 Å². The van der Waals surface area contributed by atoms with Gasteiger partial charge in [0.25, 0.3) is 0 Å². The minimum atomic E-state index is -1.63. The van der Waals surface area contributed by atoms with Gasteiger partial charge in [-0.1, -0.05) is 286 Å². The summed E-state index contributed by atoms with van der Waals surface area (Å²) in [5.74, 6) is -1.25. The van der Waals surface area contributed by atoms with Crippen LogP contribution < -0.4 is 5.32 Å². The van der Waals surface area contributed by atoms with Crippen LogP contribution in [0.3, 0.4) is 0 Å². The zero-order chi connectivity index (χ0) is 61.0. The average Bonchev–Trinajstić information content (AvgIpc) is 3.54. The van der Waals surface area contributed by atoms with E-state index in [1.165, 1.54) is 180 Å². The molecule has 0 aromatic heterocycles. The summed E-state index contributed by atoms with van der Waals surface area (Å²) >= 11 is 0. The lowest BCUT2D eigenvalue weighted by atomic mass is 9.99. The number of carbonyl (C=O) groups excluding carboxylic acids is 2. The molecule has 0 radical (unpaired) electrons. The molecule has 6 N–H and O–H groups in total. The standard InChI is InChI=1S/C73H129NO10/c1-4-7-10-13-16-19-22-25-27-29-30-31-32-33-34-35-36-37-38-39-41-43-46-49-52-55-58-61-68(78)84-71-70(80)69(79)67(62-75)83-73(71)82-63-64(65(76)59-56-53-50-47-44-24-21-18-15-12-9-6-3)74-72(81)66(77)60-57-54-51-48-45-42-40-28-26-23-20-17-14-11-8-5-2/h16-17,19-20,25-28,42,45,51,54,56,59,64-67,69-71,73,75-77,79-80H,4-15,18,21-24,29-41,43-44,46-50,52-53,55,57-58,60-63H2,1-3H3,(H,74,81)/b19-16-,20-17-,27-25-,28-26-,45-42-,54-51-,59-56+. The molecular weight excluding hydrogens is 1050 g/mol. The van der Waals surface area contributed by atoms with Gasteiger partial charge in [0.15, 0.2) is 12.4 Å². The first-order valence-electron chi connectivity index (χ1n) is 34.9. The molecule has 8 unspecified atom stereocenters. The molecule has 1 heterocycles. The molecule has 0 bridgehead atoms. The Kier molecular flexibility index (Phi) is 56.5. The summed E-state index contributed by atoms with van der Waals surface area (Å²) in [5.41, 5.74) is 0. The topological polar surface area (TPSA) is 175 Å². The van der Waals surface area contributed by atoms with Crippen molar-refractivity contribution < 1.29 is 49.3 Å². The van der Waals surface area contributed by atoms with Gasteiger partial charge >= 0.3 is 5.97 Å². The molecule has 0 aliphatic carbocycles. The quantitative estimate of drug-likeness (QED) is 0.0195. The fourth-order valence-electron chi connectivity index (χ4n) is 10.5. The Hall–Kier alpha value is -3.16. The number of ether oxygens (including phenoxy) is 3. The molecule has 0 saturated carbocycles. The van der Waals surface area contributed by atoms with Crippen LogP contribution in [0.1, 0.15) is 303 Å². The minimum absolute atomic E-state index is 0.116. The predicted molar refractivity (Wildman–Crippen MR) is 352 cm³/mol. The zero-order valence-corrected chi connectivity index (χ0v) is 54.0. The third-order valence-electron chi connectivity index (χ3n) is 16.0. The number of aliphatic hydroxyl groups is 5. The van der Waals surface area contributed by atoms with Gasteiger partial charge < -0.3 is 45.1 Å². The van der Waals surface area contributed by atoms with Gasteiger partial charge in [-0.3, -0.25) is 9.59 Å². The second-order valence-electron chi connectivity index (χ2n) is 23.9. The van der Waals surface area contributed by atoms with Gasteiger partial charge in [0.1, 0.15) is 24.4 Å². The average molecular weight is 1180 g/mol. The van der Waals surface area contributed by atoms with Crippen molar-refractivity contribution in [2.75, 3.05) is 13.2 Å². The van der Waals surface area contributed by atoms with Crippen molar-refractivity contribution in [2.45, 2.75) is 352 Å². The van der Waals surface area contributed by atoms with Crippen LogP contribution >= 0.6 is 0 Å². The van der Waals surface area contributed by atoms with E-state index in [4.69, 9.17) is 14.2 Å². The van der Waals surface area contributed by atoms with Gasteiger partial charge in [-0.15, -0.1) is 0 Å². The summed E-state index contributed by atoms with van der Waals surface area (Å²) in [6, 6.07) is -1.06. The second-order valence-corrected chi connectivity index (χ2v) is 23.9. The van der Waals surface area contributed by atoms with Crippen LogP contribution in [0.4, 0.5) is 0 Å². The van der Waals surface area contributed by atoms with Crippen molar-refractivity contribution in [2.24, 2.45) is 0 Å². The van der Waals surface area contributed by atoms with Crippen molar-refractivity contribution in [3.8, 4) is 0 Å². The number of carbonyl (C=O) groups is 2. The fraction of sp³-hybridized carbons (Fsp3) is 0.781. The number of hydrogen-bond acceptors (Lipinski definition) is 10. The van der Waals surface area contributed by atoms with E-state index in [9.17, 15) is 35.1 Å². The number of allylic oxidation sites excluding steroid dienone is 13. The lowest BCUT2D eigenvalue weighted by Gasteiger charge is -2.41. The van der Waals surface area contributed by atoms with Crippen LogP contribution in [0.2, 0.25) is 0 Å². The summed E-state index contributed by atoms with van der Waals surface area (Å²) in [4.78, 5) is 26.6. The molecule has 8 atom stereocenters. The van der Waals surface area contributed by atoms with Crippen LogP contribution in [0.15, 0.2) is 85.1 Å². The highest BCUT2D eigenvalue weighted by Gasteiger charge is 2.47. The molecule has 0 aromatic rings. The normalized spacial score (nSPS) is 19.0. The summed E-state index contributed by atoms with van der Waals surface area (Å²) < 4.78 is 17.7. The number of amides is 1. The minimum Gasteiger partial charge on any atom is -0.454 e. The van der Waals surface area contributed by atoms with Gasteiger partial charge in [-0.25, -0.2) is 0 Å². The maximum absolute atomic E-state index is 13.4. The fourth-order valence-corrected chi connectivity index (χ4v) is 10.5. The molecule has 1 saturated heterocycles. The van der Waals surface area contributed by atoms with Crippen LogP contribution in [0.25, 0.3) is 0 Å². The van der Waals surface area contributed by atoms with E-state index < -0.39 is 67.4 Å². The Bertz CT molecular complexity index is 1690. The number of unbranched alkanes of at least 4 members (excludes halogenated alkanes) is 33. The highest BCUT2D eigenvalue weighted by atomic mass is 16.7. The number of nitrogens with one attached hydrogen (secondary N) is 1. The van der Waals surface area contributed by atoms with Crippen LogP contribution in [-0.4, -0.2) is 99.6 Å². The van der Waals surface area contributed by atoms with Crippen molar-refractivity contribution in [3.05, 3.63) is 85.1 Å². The highest BCUT2D eigenvalue weighted by molar-refractivity contribution is 5.80. The Balaban J connectivity index is 2.57. The molecule has 0 aromatic carbocycles. The van der Waals surface area contributed by atoms with Gasteiger partial charge in [-0.05, 0) is 96.3 Å². The van der Waals surface area contributed by atoms with Crippen LogP contribution in [-0.2, 0) is 23.8 Å². The third-order valence-corrected chi connectivity index (χ3v) is 16.0. The summed E-state index contributed by atoms with van der Waals surface area (Å²) in [6.45, 7) is 5.72. The summed E-state index contributed by atoms with van der Waals surface area (Å²) in [7, 11) is 0. The van der Waals surface area contributed by atoms with Crippen LogP contribution in [0.5, 0.6) is 0 Å². The van der Waals surface area contributed by atoms with Crippen molar-refractivity contribution in [1.82, 2.24) is 5.32 Å². The first-order chi connectivity index (χ1) is 41.2. The molecule has 11 heteroatoms. The summed E-state index contributed by atoms with van der Waals surface area (Å²) in [5, 5.41) is 57.0. The zero-order valence-electron chi connectivity index (χ0n) is 54.0. The maximum atomic E-state index is 13.4. The SMILES string of the molecule is CCCCC/C=C\C/C=C\C/C=C\C/C=C\CCC(O)C(=O)NC(COC1OC(CO)C(O)C(O)C1OC(=O)CCCCCCCCCCCCCCCCCCC/C=C\C/C=C\CCCCC)C(O)/C=C/CCCCCCCCCCCC. The third kappa shape index (κ3) is 47.0. The molecule has 84 heavy (non-hydrogen) atoms. The molecule has 1 fully saturated rings. The van der Waals surface area contributed by atoms with E-state index in [-0.39, 0.29) is 19.4 Å². The monoisotopic (exact) mass is 1180 g/mol. The first kappa shape index (κ1) is 78.9.